The summed E-state index contributed by atoms with van der Waals surface area (Å²) < 4.78 is 2.89. The number of hydrogen-bond acceptors (Lipinski definition) is 6. The standard InChI is InChI=1S/C14H16N4OS2/c1-9-3-12-13(4-10(9)2)18(7-15-12)5-11(19)6-20-14-17-16-8-21-14/h3-4,7-8,11,19H,5-6H2,1-2H3/t11-/m0/s1. The van der Waals surface area contributed by atoms with Gasteiger partial charge in [0.2, 0.25) is 0 Å². The van der Waals surface area contributed by atoms with E-state index in [1.54, 1.807) is 11.8 Å². The largest absolute Gasteiger partial charge is 0.390 e. The Morgan fingerprint density at radius 1 is 1.33 bits per heavy atom. The van der Waals surface area contributed by atoms with Gasteiger partial charge in [0, 0.05) is 5.75 Å². The second-order valence-corrected chi connectivity index (χ2v) is 7.09. The third-order valence-electron chi connectivity index (χ3n) is 3.38. The topological polar surface area (TPSA) is 63.8 Å². The van der Waals surface area contributed by atoms with Gasteiger partial charge in [0.15, 0.2) is 4.34 Å². The van der Waals surface area contributed by atoms with Crippen molar-refractivity contribution in [2.75, 3.05) is 5.75 Å². The third-order valence-corrected chi connectivity index (χ3v) is 5.39. The van der Waals surface area contributed by atoms with Gasteiger partial charge in [0.05, 0.1) is 30.0 Å². The molecule has 3 rings (SSSR count). The second-order valence-electron chi connectivity index (χ2n) is 4.99. The van der Waals surface area contributed by atoms with Gasteiger partial charge in [-0.3, -0.25) is 0 Å². The molecule has 0 spiro atoms. The number of fused-ring (bicyclic) bond motifs is 1. The van der Waals surface area contributed by atoms with E-state index in [4.69, 9.17) is 0 Å². The summed E-state index contributed by atoms with van der Waals surface area (Å²) in [5.41, 5.74) is 6.21. The van der Waals surface area contributed by atoms with Crippen molar-refractivity contribution in [1.82, 2.24) is 19.7 Å². The third kappa shape index (κ3) is 3.25. The normalized spacial score (nSPS) is 12.9. The SMILES string of the molecule is Cc1cc2ncn(C[C@H](O)CSc3nncs3)c2cc1C. The molecule has 2 aromatic heterocycles. The van der Waals surface area contributed by atoms with Crippen LogP contribution in [0.3, 0.4) is 0 Å². The minimum atomic E-state index is -0.446. The van der Waals surface area contributed by atoms with Crippen molar-refractivity contribution in [2.45, 2.75) is 30.8 Å². The van der Waals surface area contributed by atoms with Crippen LogP contribution >= 0.6 is 23.1 Å². The van der Waals surface area contributed by atoms with Crippen LogP contribution in [0.1, 0.15) is 11.1 Å². The smallest absolute Gasteiger partial charge is 0.174 e. The zero-order valence-corrected chi connectivity index (χ0v) is 13.5. The molecule has 0 aliphatic rings. The van der Waals surface area contributed by atoms with Crippen molar-refractivity contribution in [3.8, 4) is 0 Å². The number of benzene rings is 1. The van der Waals surface area contributed by atoms with E-state index in [-0.39, 0.29) is 0 Å². The molecule has 0 bridgehead atoms. The molecule has 0 fully saturated rings. The number of hydrogen-bond donors (Lipinski definition) is 1. The number of aryl methyl sites for hydroxylation is 2. The molecule has 1 atom stereocenters. The molecule has 110 valence electrons. The summed E-state index contributed by atoms with van der Waals surface area (Å²) in [6, 6.07) is 4.21. The first-order valence-electron chi connectivity index (χ1n) is 6.62. The van der Waals surface area contributed by atoms with E-state index in [0.717, 1.165) is 15.4 Å². The summed E-state index contributed by atoms with van der Waals surface area (Å²) in [5.74, 6) is 0.597. The van der Waals surface area contributed by atoms with Crippen molar-refractivity contribution in [1.29, 1.82) is 0 Å². The number of imidazole rings is 1. The van der Waals surface area contributed by atoms with Crippen molar-refractivity contribution in [2.24, 2.45) is 0 Å². The van der Waals surface area contributed by atoms with Gasteiger partial charge in [0.1, 0.15) is 5.51 Å². The van der Waals surface area contributed by atoms with Crippen LogP contribution < -0.4 is 0 Å². The first kappa shape index (κ1) is 14.5. The van der Waals surface area contributed by atoms with E-state index in [1.165, 1.54) is 34.2 Å². The number of nitrogens with zero attached hydrogens (tertiary/aromatic N) is 4. The molecule has 0 unspecified atom stereocenters. The van der Waals surface area contributed by atoms with E-state index in [9.17, 15) is 5.11 Å². The van der Waals surface area contributed by atoms with Crippen LogP contribution in [0.2, 0.25) is 0 Å². The van der Waals surface area contributed by atoms with Crippen molar-refractivity contribution >= 4 is 34.1 Å². The average Bonchev–Trinajstić information content (AvgIpc) is 3.09. The second kappa shape index (κ2) is 6.13. The Hall–Kier alpha value is -1.44. The first-order chi connectivity index (χ1) is 10.1. The Balaban J connectivity index is 1.71. The lowest BCUT2D eigenvalue weighted by Gasteiger charge is -2.11. The Labute approximate surface area is 131 Å². The van der Waals surface area contributed by atoms with Crippen LogP contribution in [-0.4, -0.2) is 36.7 Å². The number of aliphatic hydroxyl groups excluding tert-OH is 1. The van der Waals surface area contributed by atoms with Crippen molar-refractivity contribution in [3.05, 3.63) is 35.1 Å². The molecule has 0 amide bonds. The van der Waals surface area contributed by atoms with E-state index < -0.39 is 6.10 Å². The van der Waals surface area contributed by atoms with Crippen LogP contribution in [0.25, 0.3) is 11.0 Å². The van der Waals surface area contributed by atoms with E-state index >= 15 is 0 Å². The minimum Gasteiger partial charge on any atom is -0.390 e. The molecular weight excluding hydrogens is 304 g/mol. The quantitative estimate of drug-likeness (QED) is 0.732. The maximum absolute atomic E-state index is 10.2. The fraction of sp³-hybridized carbons (Fsp3) is 0.357. The van der Waals surface area contributed by atoms with Crippen molar-refractivity contribution < 1.29 is 5.11 Å². The molecule has 1 N–H and O–H groups in total. The molecule has 21 heavy (non-hydrogen) atoms. The predicted octanol–water partition coefficient (Wildman–Crippen LogP) is 2.66. The fourth-order valence-corrected chi connectivity index (χ4v) is 3.56. The number of thioether (sulfide) groups is 1. The monoisotopic (exact) mass is 320 g/mol. The van der Waals surface area contributed by atoms with Gasteiger partial charge < -0.3 is 9.67 Å². The Kier molecular flexibility index (Phi) is 4.23. The summed E-state index contributed by atoms with van der Waals surface area (Å²) in [7, 11) is 0. The van der Waals surface area contributed by atoms with Crippen LogP contribution in [0, 0.1) is 13.8 Å². The maximum Gasteiger partial charge on any atom is 0.174 e. The summed E-state index contributed by atoms with van der Waals surface area (Å²) >= 11 is 3.02. The van der Waals surface area contributed by atoms with Crippen LogP contribution in [0.15, 0.2) is 28.3 Å². The Morgan fingerprint density at radius 3 is 2.90 bits per heavy atom. The van der Waals surface area contributed by atoms with Gasteiger partial charge in [0.25, 0.3) is 0 Å². The van der Waals surface area contributed by atoms with Crippen LogP contribution in [0.4, 0.5) is 0 Å². The lowest BCUT2D eigenvalue weighted by molar-refractivity contribution is 0.179. The van der Waals surface area contributed by atoms with E-state index in [2.05, 4.69) is 41.2 Å². The minimum absolute atomic E-state index is 0.446. The van der Waals surface area contributed by atoms with Gasteiger partial charge in [-0.15, -0.1) is 10.2 Å². The zero-order valence-electron chi connectivity index (χ0n) is 11.9. The molecule has 5 nitrogen and oxygen atoms in total. The van der Waals surface area contributed by atoms with Crippen LogP contribution in [-0.2, 0) is 6.54 Å². The molecular formula is C14H16N4OS2. The highest BCUT2D eigenvalue weighted by Gasteiger charge is 2.11. The highest BCUT2D eigenvalue weighted by atomic mass is 32.2. The molecule has 7 heteroatoms. The lowest BCUT2D eigenvalue weighted by Crippen LogP contribution is -2.18. The zero-order chi connectivity index (χ0) is 14.8. The predicted molar refractivity (Wildman–Crippen MR) is 85.8 cm³/mol. The molecule has 1 aromatic carbocycles. The summed E-state index contributed by atoms with van der Waals surface area (Å²) in [4.78, 5) is 4.41. The van der Waals surface area contributed by atoms with E-state index in [1.807, 2.05) is 4.57 Å². The Morgan fingerprint density at radius 2 is 2.14 bits per heavy atom. The molecule has 0 aliphatic heterocycles. The molecule has 0 aliphatic carbocycles. The summed E-state index contributed by atoms with van der Waals surface area (Å²) in [6.07, 6.45) is 1.35. The fourth-order valence-electron chi connectivity index (χ4n) is 2.13. The first-order valence-corrected chi connectivity index (χ1v) is 8.49. The molecule has 0 saturated heterocycles. The Bertz CT molecular complexity index is 739. The van der Waals surface area contributed by atoms with Gasteiger partial charge in [-0.05, 0) is 37.1 Å². The molecule has 0 radical (unpaired) electrons. The average molecular weight is 320 g/mol. The number of aromatic nitrogens is 4. The number of aliphatic hydroxyl groups is 1. The van der Waals surface area contributed by atoms with Crippen LogP contribution in [0.5, 0.6) is 0 Å². The van der Waals surface area contributed by atoms with Gasteiger partial charge >= 0.3 is 0 Å². The maximum atomic E-state index is 10.2. The van der Waals surface area contributed by atoms with Gasteiger partial charge in [-0.25, -0.2) is 4.98 Å². The van der Waals surface area contributed by atoms with Gasteiger partial charge in [-0.2, -0.15) is 0 Å². The summed E-state index contributed by atoms with van der Waals surface area (Å²) in [6.45, 7) is 4.71. The molecule has 0 saturated carbocycles. The number of rotatable bonds is 5. The highest BCUT2D eigenvalue weighted by molar-refractivity contribution is 8.01. The van der Waals surface area contributed by atoms with Crippen molar-refractivity contribution in [3.63, 3.8) is 0 Å². The molecule has 2 heterocycles. The molecule has 3 aromatic rings. The van der Waals surface area contributed by atoms with E-state index in [0.29, 0.717) is 12.3 Å². The van der Waals surface area contributed by atoms with Gasteiger partial charge in [-0.1, -0.05) is 23.1 Å². The summed E-state index contributed by atoms with van der Waals surface area (Å²) in [5, 5.41) is 17.9. The lowest BCUT2D eigenvalue weighted by atomic mass is 10.1. The highest BCUT2D eigenvalue weighted by Crippen LogP contribution is 2.22.